The SMILES string of the molecule is COCCOC(=O)O[C@H](CC[C@@H]1[C@H]2Cc3cccc(OCC(=O)O)c3C[C@H]2C[C@H]1O)C(C)(C)CC(C)(C)C. The first kappa shape index (κ1) is 30.2. The molecule has 3 rings (SSSR count). The molecule has 1 saturated carbocycles. The second-order valence-electron chi connectivity index (χ2n) is 12.9. The number of methoxy groups -OCH3 is 1. The van der Waals surface area contributed by atoms with Gasteiger partial charge >= 0.3 is 12.1 Å². The van der Waals surface area contributed by atoms with E-state index in [4.69, 9.17) is 24.1 Å². The van der Waals surface area contributed by atoms with Crippen LogP contribution in [0.5, 0.6) is 5.75 Å². The predicted molar refractivity (Wildman–Crippen MR) is 143 cm³/mol. The van der Waals surface area contributed by atoms with Crippen molar-refractivity contribution in [2.45, 2.75) is 85.4 Å². The molecule has 0 bridgehead atoms. The fourth-order valence-electron chi connectivity index (χ4n) is 6.87. The summed E-state index contributed by atoms with van der Waals surface area (Å²) in [5.41, 5.74) is 2.00. The first-order valence-electron chi connectivity index (χ1n) is 13.8. The molecule has 0 aromatic heterocycles. The minimum absolute atomic E-state index is 0.0521. The maximum Gasteiger partial charge on any atom is 0.508 e. The van der Waals surface area contributed by atoms with Crippen LogP contribution in [0.3, 0.4) is 0 Å². The molecule has 0 unspecified atom stereocenters. The topological polar surface area (TPSA) is 112 Å². The Balaban J connectivity index is 1.72. The number of carbonyl (C=O) groups excluding carboxylic acids is 1. The number of carboxylic acid groups (broad SMARTS) is 1. The van der Waals surface area contributed by atoms with Crippen LogP contribution >= 0.6 is 0 Å². The average molecular weight is 535 g/mol. The first-order valence-corrected chi connectivity index (χ1v) is 13.8. The Morgan fingerprint density at radius 3 is 2.50 bits per heavy atom. The number of ether oxygens (including phenoxy) is 4. The molecule has 0 saturated heterocycles. The van der Waals surface area contributed by atoms with E-state index in [1.54, 1.807) is 7.11 Å². The summed E-state index contributed by atoms with van der Waals surface area (Å²) in [5, 5.41) is 20.1. The second-order valence-corrected chi connectivity index (χ2v) is 12.9. The molecule has 2 aliphatic carbocycles. The van der Waals surface area contributed by atoms with Gasteiger partial charge in [0, 0.05) is 12.5 Å². The first-order chi connectivity index (χ1) is 17.8. The van der Waals surface area contributed by atoms with Gasteiger partial charge < -0.3 is 29.2 Å². The van der Waals surface area contributed by atoms with E-state index in [2.05, 4.69) is 40.7 Å². The molecule has 0 heterocycles. The molecule has 214 valence electrons. The Morgan fingerprint density at radius 1 is 1.11 bits per heavy atom. The third-order valence-electron chi connectivity index (χ3n) is 8.06. The summed E-state index contributed by atoms with van der Waals surface area (Å²) in [6, 6.07) is 5.82. The van der Waals surface area contributed by atoms with Crippen molar-refractivity contribution in [3.05, 3.63) is 29.3 Å². The van der Waals surface area contributed by atoms with E-state index in [9.17, 15) is 14.7 Å². The van der Waals surface area contributed by atoms with Gasteiger partial charge in [0.15, 0.2) is 6.61 Å². The highest BCUT2D eigenvalue weighted by atomic mass is 16.7. The summed E-state index contributed by atoms with van der Waals surface area (Å²) in [6.45, 7) is 10.9. The van der Waals surface area contributed by atoms with Gasteiger partial charge in [0.25, 0.3) is 0 Å². The highest BCUT2D eigenvalue weighted by molar-refractivity contribution is 5.68. The number of rotatable bonds is 12. The second kappa shape index (κ2) is 12.7. The molecule has 1 aromatic rings. The van der Waals surface area contributed by atoms with Crippen molar-refractivity contribution >= 4 is 12.1 Å². The van der Waals surface area contributed by atoms with Crippen molar-refractivity contribution in [1.29, 1.82) is 0 Å². The number of aliphatic carboxylic acids is 1. The molecule has 8 nitrogen and oxygen atoms in total. The zero-order valence-corrected chi connectivity index (χ0v) is 23.8. The summed E-state index contributed by atoms with van der Waals surface area (Å²) in [5.74, 6) is 0.343. The van der Waals surface area contributed by atoms with Crippen molar-refractivity contribution in [3.63, 3.8) is 0 Å². The zero-order chi connectivity index (χ0) is 28.1. The molecule has 0 amide bonds. The summed E-state index contributed by atoms with van der Waals surface area (Å²) in [6.07, 6.45) is 3.09. The van der Waals surface area contributed by atoms with E-state index in [1.165, 1.54) is 0 Å². The van der Waals surface area contributed by atoms with Gasteiger partial charge in [0.2, 0.25) is 0 Å². The number of hydrogen-bond acceptors (Lipinski definition) is 7. The minimum Gasteiger partial charge on any atom is -0.482 e. The van der Waals surface area contributed by atoms with Crippen LogP contribution in [-0.2, 0) is 31.8 Å². The van der Waals surface area contributed by atoms with Gasteiger partial charge in [-0.15, -0.1) is 0 Å². The molecule has 2 N–H and O–H groups in total. The lowest BCUT2D eigenvalue weighted by molar-refractivity contribution is -0.139. The minimum atomic E-state index is -0.999. The smallest absolute Gasteiger partial charge is 0.482 e. The van der Waals surface area contributed by atoms with E-state index >= 15 is 0 Å². The molecule has 1 fully saturated rings. The van der Waals surface area contributed by atoms with Crippen molar-refractivity contribution < 1.29 is 38.7 Å². The highest BCUT2D eigenvalue weighted by Gasteiger charge is 2.46. The molecule has 38 heavy (non-hydrogen) atoms. The largest absolute Gasteiger partial charge is 0.508 e. The molecule has 1 aromatic carbocycles. The van der Waals surface area contributed by atoms with Crippen LogP contribution in [0.25, 0.3) is 0 Å². The normalized spacial score (nSPS) is 23.8. The third kappa shape index (κ3) is 8.09. The molecule has 5 atom stereocenters. The lowest BCUT2D eigenvalue weighted by atomic mass is 9.70. The summed E-state index contributed by atoms with van der Waals surface area (Å²) in [4.78, 5) is 23.5. The molecule has 2 aliphatic rings. The Bertz CT molecular complexity index is 950. The Labute approximate surface area is 227 Å². The number of fused-ring (bicyclic) bond motifs is 2. The van der Waals surface area contributed by atoms with Gasteiger partial charge in [0.05, 0.1) is 12.7 Å². The summed E-state index contributed by atoms with van der Waals surface area (Å²) < 4.78 is 21.6. The van der Waals surface area contributed by atoms with Gasteiger partial charge in [-0.3, -0.25) is 0 Å². The summed E-state index contributed by atoms with van der Waals surface area (Å²) >= 11 is 0. The van der Waals surface area contributed by atoms with Crippen LogP contribution in [0.15, 0.2) is 18.2 Å². The quantitative estimate of drug-likeness (QED) is 0.275. The Morgan fingerprint density at radius 2 is 1.84 bits per heavy atom. The standard InChI is InChI=1S/C30H46O8/c1-29(2,3)18-30(4,5)26(38-28(34)36-13-12-35-6)11-10-21-22-14-19-8-7-9-25(37-17-27(32)33)23(19)15-20(22)16-24(21)31/h7-9,20-22,24,26,31H,10-18H2,1-6H3,(H,32,33)/t20-,21+,22-,24+,26+/m0/s1. The summed E-state index contributed by atoms with van der Waals surface area (Å²) in [7, 11) is 1.55. The third-order valence-corrected chi connectivity index (χ3v) is 8.06. The number of aliphatic hydroxyl groups is 1. The molecule has 0 spiro atoms. The van der Waals surface area contributed by atoms with Crippen LogP contribution in [0.1, 0.15) is 71.4 Å². The number of carbonyl (C=O) groups is 2. The van der Waals surface area contributed by atoms with E-state index in [0.717, 1.165) is 36.8 Å². The van der Waals surface area contributed by atoms with Crippen molar-refractivity contribution in [2.75, 3.05) is 26.9 Å². The van der Waals surface area contributed by atoms with Gasteiger partial charge in [-0.05, 0) is 78.9 Å². The van der Waals surface area contributed by atoms with Crippen LogP contribution in [0.2, 0.25) is 0 Å². The Kier molecular flexibility index (Phi) is 10.1. The van der Waals surface area contributed by atoms with E-state index in [0.29, 0.717) is 37.0 Å². The molecule has 8 heteroatoms. The van der Waals surface area contributed by atoms with Crippen LogP contribution in [0, 0.1) is 28.6 Å². The molecular formula is C30H46O8. The highest BCUT2D eigenvalue weighted by Crippen LogP contribution is 2.49. The van der Waals surface area contributed by atoms with E-state index in [1.807, 2.05) is 12.1 Å². The fourth-order valence-corrected chi connectivity index (χ4v) is 6.87. The van der Waals surface area contributed by atoms with Crippen molar-refractivity contribution in [2.24, 2.45) is 28.6 Å². The van der Waals surface area contributed by atoms with E-state index in [-0.39, 0.29) is 36.1 Å². The van der Waals surface area contributed by atoms with Gasteiger partial charge in [-0.2, -0.15) is 0 Å². The zero-order valence-electron chi connectivity index (χ0n) is 23.8. The number of hydrogen-bond donors (Lipinski definition) is 2. The number of benzene rings is 1. The maximum atomic E-state index is 12.5. The fraction of sp³-hybridized carbons (Fsp3) is 0.733. The number of carboxylic acids is 1. The maximum absolute atomic E-state index is 12.5. The van der Waals surface area contributed by atoms with Gasteiger partial charge in [-0.1, -0.05) is 46.8 Å². The lowest BCUT2D eigenvalue weighted by Gasteiger charge is -2.39. The van der Waals surface area contributed by atoms with Crippen LogP contribution < -0.4 is 4.74 Å². The van der Waals surface area contributed by atoms with Crippen molar-refractivity contribution in [1.82, 2.24) is 0 Å². The molecule has 0 aliphatic heterocycles. The predicted octanol–water partition coefficient (Wildman–Crippen LogP) is 5.27. The molecule has 0 radical (unpaired) electrons. The van der Waals surface area contributed by atoms with Crippen LogP contribution in [-0.4, -0.2) is 61.5 Å². The Hall–Kier alpha value is -2.32. The van der Waals surface area contributed by atoms with Gasteiger partial charge in [-0.25, -0.2) is 9.59 Å². The monoisotopic (exact) mass is 534 g/mol. The van der Waals surface area contributed by atoms with Crippen molar-refractivity contribution in [3.8, 4) is 5.75 Å². The van der Waals surface area contributed by atoms with Gasteiger partial charge in [0.1, 0.15) is 18.5 Å². The lowest BCUT2D eigenvalue weighted by Crippen LogP contribution is -2.38. The molecular weight excluding hydrogens is 488 g/mol. The average Bonchev–Trinajstić information content (AvgIpc) is 3.11. The van der Waals surface area contributed by atoms with E-state index < -0.39 is 18.2 Å². The van der Waals surface area contributed by atoms with Crippen LogP contribution in [0.4, 0.5) is 4.79 Å². The number of aliphatic hydroxyl groups excluding tert-OH is 1.